The van der Waals surface area contributed by atoms with E-state index in [9.17, 15) is 0 Å². The van der Waals surface area contributed by atoms with Gasteiger partial charge >= 0.3 is 0 Å². The number of fused-ring (bicyclic) bond motifs is 2. The fourth-order valence-electron chi connectivity index (χ4n) is 7.30. The maximum atomic E-state index is 5.12. The van der Waals surface area contributed by atoms with Crippen LogP contribution in [0.3, 0.4) is 0 Å². The Bertz CT molecular complexity index is 2270. The van der Waals surface area contributed by atoms with Crippen molar-refractivity contribution >= 4 is 10.8 Å². The van der Waals surface area contributed by atoms with Crippen molar-refractivity contribution < 1.29 is 0 Å². The Morgan fingerprint density at radius 2 is 0.833 bits per heavy atom. The van der Waals surface area contributed by atoms with Crippen LogP contribution in [0.5, 0.6) is 0 Å². The number of hydrogen-bond acceptors (Lipinski definition) is 3. The van der Waals surface area contributed by atoms with Crippen molar-refractivity contribution in [3.8, 4) is 56.4 Å². The van der Waals surface area contributed by atoms with Crippen molar-refractivity contribution in [1.82, 2.24) is 15.0 Å². The summed E-state index contributed by atoms with van der Waals surface area (Å²) < 4.78 is 0. The highest BCUT2D eigenvalue weighted by Crippen LogP contribution is 2.47. The third-order valence-corrected chi connectivity index (χ3v) is 10.2. The zero-order valence-corrected chi connectivity index (χ0v) is 28.0. The highest BCUT2D eigenvalue weighted by Gasteiger charge is 2.37. The van der Waals surface area contributed by atoms with Gasteiger partial charge in [0, 0.05) is 16.7 Å². The van der Waals surface area contributed by atoms with Gasteiger partial charge in [-0.1, -0.05) is 167 Å². The average Bonchev–Trinajstić information content (AvgIpc) is 3.13. The lowest BCUT2D eigenvalue weighted by atomic mass is 9.63. The number of aromatic nitrogens is 3. The van der Waals surface area contributed by atoms with Crippen LogP contribution >= 0.6 is 0 Å². The lowest BCUT2D eigenvalue weighted by Gasteiger charge is -2.42. The van der Waals surface area contributed by atoms with Crippen molar-refractivity contribution in [3.63, 3.8) is 0 Å². The summed E-state index contributed by atoms with van der Waals surface area (Å²) in [5.41, 5.74) is 11.0. The molecule has 1 heterocycles. The Morgan fingerprint density at radius 3 is 1.48 bits per heavy atom. The van der Waals surface area contributed by atoms with Crippen molar-refractivity contribution in [2.24, 2.45) is 0 Å². The van der Waals surface area contributed by atoms with E-state index in [2.05, 4.69) is 143 Å². The Labute approximate surface area is 283 Å². The smallest absolute Gasteiger partial charge is 0.164 e. The van der Waals surface area contributed by atoms with E-state index in [4.69, 9.17) is 15.0 Å². The van der Waals surface area contributed by atoms with Crippen molar-refractivity contribution in [2.45, 2.75) is 51.4 Å². The predicted molar refractivity (Wildman–Crippen MR) is 200 cm³/mol. The van der Waals surface area contributed by atoms with Gasteiger partial charge < -0.3 is 0 Å². The van der Waals surface area contributed by atoms with E-state index in [0.29, 0.717) is 17.5 Å². The maximum absolute atomic E-state index is 5.12. The summed E-state index contributed by atoms with van der Waals surface area (Å²) >= 11 is 0. The predicted octanol–water partition coefficient (Wildman–Crippen LogP) is 11.7. The second kappa shape index (κ2) is 11.7. The van der Waals surface area contributed by atoms with Crippen molar-refractivity contribution in [1.29, 1.82) is 0 Å². The molecule has 0 saturated heterocycles. The minimum absolute atomic E-state index is 0.144. The Kier molecular flexibility index (Phi) is 7.29. The first kappa shape index (κ1) is 30.0. The second-order valence-corrected chi connectivity index (χ2v) is 14.4. The van der Waals surface area contributed by atoms with Gasteiger partial charge in [0.2, 0.25) is 0 Å². The van der Waals surface area contributed by atoms with Crippen LogP contribution in [-0.2, 0) is 10.8 Å². The van der Waals surface area contributed by atoms with E-state index in [-0.39, 0.29) is 10.8 Å². The van der Waals surface area contributed by atoms with Crippen LogP contribution in [0.2, 0.25) is 0 Å². The van der Waals surface area contributed by atoms with Crippen molar-refractivity contribution in [3.05, 3.63) is 151 Å². The molecule has 1 aromatic heterocycles. The van der Waals surface area contributed by atoms with Crippen LogP contribution in [0.15, 0.2) is 140 Å². The standard InChI is InChI=1S/C45H39N3/c1-44(2)27-28-45(3,4)40-29-34(25-26-39(40)44)35-17-11-19-37-36(35)18-12-20-38(37)43-47-41(32-15-9-6-10-16-32)46-42(48-43)33-23-21-31(22-24-33)30-13-7-5-8-14-30/h5-26,29H,27-28H2,1-4H3. The number of nitrogens with zero attached hydrogens (tertiary/aromatic N) is 3. The van der Waals surface area contributed by atoms with E-state index < -0.39 is 0 Å². The number of rotatable bonds is 5. The van der Waals surface area contributed by atoms with E-state index in [0.717, 1.165) is 27.6 Å². The maximum Gasteiger partial charge on any atom is 0.164 e. The lowest BCUT2D eigenvalue weighted by molar-refractivity contribution is 0.332. The molecule has 8 rings (SSSR count). The van der Waals surface area contributed by atoms with Gasteiger partial charge in [0.1, 0.15) is 0 Å². The molecular weight excluding hydrogens is 583 g/mol. The first-order valence-electron chi connectivity index (χ1n) is 16.9. The van der Waals surface area contributed by atoms with Crippen LogP contribution < -0.4 is 0 Å². The van der Waals surface area contributed by atoms with Gasteiger partial charge in [0.25, 0.3) is 0 Å². The van der Waals surface area contributed by atoms with E-state index >= 15 is 0 Å². The molecule has 0 radical (unpaired) electrons. The second-order valence-electron chi connectivity index (χ2n) is 14.4. The number of hydrogen-bond donors (Lipinski definition) is 0. The van der Waals surface area contributed by atoms with E-state index in [1.807, 2.05) is 24.3 Å². The Hall–Kier alpha value is -5.41. The topological polar surface area (TPSA) is 38.7 Å². The number of benzene rings is 6. The summed E-state index contributed by atoms with van der Waals surface area (Å²) in [7, 11) is 0. The molecule has 0 N–H and O–H groups in total. The molecule has 3 heteroatoms. The van der Waals surface area contributed by atoms with Gasteiger partial charge in [-0.05, 0) is 67.8 Å². The minimum atomic E-state index is 0.144. The van der Waals surface area contributed by atoms with Gasteiger partial charge in [-0.3, -0.25) is 0 Å². The first-order valence-corrected chi connectivity index (χ1v) is 16.9. The lowest BCUT2D eigenvalue weighted by Crippen LogP contribution is -2.33. The highest BCUT2D eigenvalue weighted by molar-refractivity contribution is 6.03. The summed E-state index contributed by atoms with van der Waals surface area (Å²) in [5.74, 6) is 1.99. The van der Waals surface area contributed by atoms with Gasteiger partial charge in [-0.2, -0.15) is 0 Å². The highest BCUT2D eigenvalue weighted by atomic mass is 15.0. The van der Waals surface area contributed by atoms with Gasteiger partial charge in [0.05, 0.1) is 0 Å². The van der Waals surface area contributed by atoms with Crippen LogP contribution in [0.4, 0.5) is 0 Å². The molecule has 48 heavy (non-hydrogen) atoms. The average molecular weight is 622 g/mol. The fraction of sp³-hybridized carbons (Fsp3) is 0.178. The molecule has 0 fully saturated rings. The molecule has 0 amide bonds. The van der Waals surface area contributed by atoms with E-state index in [1.165, 1.54) is 46.0 Å². The Morgan fingerprint density at radius 1 is 0.375 bits per heavy atom. The van der Waals surface area contributed by atoms with Gasteiger partial charge in [-0.15, -0.1) is 0 Å². The fourth-order valence-corrected chi connectivity index (χ4v) is 7.30. The molecule has 1 aliphatic carbocycles. The SMILES string of the molecule is CC1(C)CCC(C)(C)c2cc(-c3cccc4c(-c5nc(-c6ccccc6)nc(-c6ccc(-c7ccccc7)cc6)n5)cccc34)ccc21. The summed E-state index contributed by atoms with van der Waals surface area (Å²) in [4.78, 5) is 15.2. The molecule has 3 nitrogen and oxygen atoms in total. The summed E-state index contributed by atoms with van der Waals surface area (Å²) in [6.45, 7) is 9.55. The van der Waals surface area contributed by atoms with Gasteiger partial charge in [0.15, 0.2) is 17.5 Å². The quantitative estimate of drug-likeness (QED) is 0.192. The van der Waals surface area contributed by atoms with Crippen molar-refractivity contribution in [2.75, 3.05) is 0 Å². The molecule has 0 aliphatic heterocycles. The normalized spacial score (nSPS) is 14.8. The molecule has 0 atom stereocenters. The van der Waals surface area contributed by atoms with Crippen LogP contribution in [0.1, 0.15) is 51.7 Å². The third kappa shape index (κ3) is 5.40. The minimum Gasteiger partial charge on any atom is -0.208 e. The molecule has 234 valence electrons. The first-order chi connectivity index (χ1) is 23.3. The summed E-state index contributed by atoms with van der Waals surface area (Å²) in [6.07, 6.45) is 2.40. The summed E-state index contributed by atoms with van der Waals surface area (Å²) in [6, 6.07) is 49.4. The largest absolute Gasteiger partial charge is 0.208 e. The van der Waals surface area contributed by atoms with Crippen LogP contribution in [0, 0.1) is 0 Å². The zero-order valence-electron chi connectivity index (χ0n) is 28.0. The molecule has 0 saturated carbocycles. The third-order valence-electron chi connectivity index (χ3n) is 10.2. The molecule has 6 aromatic carbocycles. The molecule has 0 spiro atoms. The molecule has 7 aromatic rings. The summed E-state index contributed by atoms with van der Waals surface area (Å²) in [5, 5.41) is 2.32. The molecular formula is C45H39N3. The van der Waals surface area contributed by atoms with Gasteiger partial charge in [-0.25, -0.2) is 15.0 Å². The van der Waals surface area contributed by atoms with Crippen LogP contribution in [0.25, 0.3) is 67.2 Å². The zero-order chi connectivity index (χ0) is 32.9. The van der Waals surface area contributed by atoms with E-state index in [1.54, 1.807) is 0 Å². The monoisotopic (exact) mass is 621 g/mol. The molecule has 1 aliphatic rings. The van der Waals surface area contributed by atoms with Crippen LogP contribution in [-0.4, -0.2) is 15.0 Å². The molecule has 0 unspecified atom stereocenters. The Balaban J connectivity index is 1.27. The molecule has 0 bridgehead atoms.